The zero-order chi connectivity index (χ0) is 12.2. The van der Waals surface area contributed by atoms with E-state index in [1.54, 1.807) is 6.07 Å². The maximum absolute atomic E-state index is 10.6. The number of hydrogen-bond acceptors (Lipinski definition) is 4. The van der Waals surface area contributed by atoms with E-state index in [1.165, 1.54) is 6.07 Å². The minimum Gasteiger partial charge on any atom is -0.476 e. The van der Waals surface area contributed by atoms with Crippen LogP contribution in [0.4, 0.5) is 5.82 Å². The highest BCUT2D eigenvalue weighted by Crippen LogP contribution is 2.19. The molecule has 0 atom stereocenters. The molecule has 1 heterocycles. The lowest BCUT2D eigenvalue weighted by molar-refractivity contribution is 0.0689. The minimum atomic E-state index is -1.06. The van der Waals surface area contributed by atoms with E-state index in [0.717, 1.165) is 13.0 Å². The van der Waals surface area contributed by atoms with Crippen molar-refractivity contribution in [2.75, 3.05) is 11.9 Å². The molecule has 0 aromatic carbocycles. The third-order valence-corrected chi connectivity index (χ3v) is 2.59. The lowest BCUT2D eigenvalue weighted by Gasteiger charge is -2.22. The molecule has 16 heavy (non-hydrogen) atoms. The molecule has 0 aliphatic rings. The van der Waals surface area contributed by atoms with Crippen LogP contribution in [0.15, 0.2) is 12.1 Å². The molecule has 2 N–H and O–H groups in total. The van der Waals surface area contributed by atoms with Gasteiger partial charge >= 0.3 is 5.97 Å². The number of nitrogens with zero attached hydrogens (tertiary/aromatic N) is 2. The van der Waals surface area contributed by atoms with Crippen LogP contribution >= 0.6 is 0 Å². The third-order valence-electron chi connectivity index (χ3n) is 2.59. The van der Waals surface area contributed by atoms with Gasteiger partial charge in [-0.1, -0.05) is 20.8 Å². The molecular weight excluding hydrogens is 206 g/mol. The van der Waals surface area contributed by atoms with Crippen LogP contribution in [0, 0.1) is 5.41 Å². The van der Waals surface area contributed by atoms with E-state index in [2.05, 4.69) is 36.3 Å². The van der Waals surface area contributed by atoms with Crippen molar-refractivity contribution in [3.05, 3.63) is 17.8 Å². The number of anilines is 1. The fourth-order valence-corrected chi connectivity index (χ4v) is 0.995. The molecule has 0 bridgehead atoms. The molecule has 5 heteroatoms. The fourth-order valence-electron chi connectivity index (χ4n) is 0.995. The summed E-state index contributed by atoms with van der Waals surface area (Å²) in [5.41, 5.74) is 0.146. The molecule has 1 rings (SSSR count). The number of hydrogen-bond donors (Lipinski definition) is 2. The smallest absolute Gasteiger partial charge is 0.356 e. The number of carbonyl (C=O) groups is 1. The second-order valence-corrected chi connectivity index (χ2v) is 4.48. The van der Waals surface area contributed by atoms with Crippen LogP contribution in [0.5, 0.6) is 0 Å². The Kier molecular flexibility index (Phi) is 3.82. The number of carboxylic acids is 1. The van der Waals surface area contributed by atoms with E-state index in [4.69, 9.17) is 5.11 Å². The van der Waals surface area contributed by atoms with Crippen molar-refractivity contribution in [3.63, 3.8) is 0 Å². The van der Waals surface area contributed by atoms with Gasteiger partial charge < -0.3 is 10.4 Å². The van der Waals surface area contributed by atoms with Crippen LogP contribution in [0.3, 0.4) is 0 Å². The summed E-state index contributed by atoms with van der Waals surface area (Å²) >= 11 is 0. The Balaban J connectivity index is 2.59. The number of carboxylic acid groups (broad SMARTS) is 1. The Morgan fingerprint density at radius 2 is 2.12 bits per heavy atom. The molecule has 0 aliphatic heterocycles. The number of rotatable bonds is 5. The zero-order valence-electron chi connectivity index (χ0n) is 9.82. The SMILES string of the molecule is CCC(C)(C)CNc1ccc(C(=O)O)nn1. The first-order valence-electron chi connectivity index (χ1n) is 5.25. The van der Waals surface area contributed by atoms with Crippen LogP contribution in [0.1, 0.15) is 37.7 Å². The highest BCUT2D eigenvalue weighted by Gasteiger charge is 2.14. The highest BCUT2D eigenvalue weighted by molar-refractivity contribution is 5.85. The van der Waals surface area contributed by atoms with E-state index in [0.29, 0.717) is 5.82 Å². The monoisotopic (exact) mass is 223 g/mol. The van der Waals surface area contributed by atoms with Gasteiger partial charge in [-0.05, 0) is 24.0 Å². The summed E-state index contributed by atoms with van der Waals surface area (Å²) in [7, 11) is 0. The maximum Gasteiger partial charge on any atom is 0.356 e. The maximum atomic E-state index is 10.6. The molecule has 88 valence electrons. The van der Waals surface area contributed by atoms with Crippen molar-refractivity contribution < 1.29 is 9.90 Å². The first-order chi connectivity index (χ1) is 7.44. The summed E-state index contributed by atoms with van der Waals surface area (Å²) in [6.45, 7) is 7.21. The van der Waals surface area contributed by atoms with Crippen molar-refractivity contribution in [2.45, 2.75) is 27.2 Å². The van der Waals surface area contributed by atoms with Gasteiger partial charge in [-0.3, -0.25) is 0 Å². The Labute approximate surface area is 94.9 Å². The molecule has 0 unspecified atom stereocenters. The molecule has 0 aliphatic carbocycles. The molecule has 0 spiro atoms. The molecule has 0 fully saturated rings. The van der Waals surface area contributed by atoms with Crippen LogP contribution in [0.2, 0.25) is 0 Å². The Hall–Kier alpha value is -1.65. The van der Waals surface area contributed by atoms with Gasteiger partial charge in [0, 0.05) is 6.54 Å². The van der Waals surface area contributed by atoms with Gasteiger partial charge in [0.05, 0.1) is 0 Å². The number of aromatic carboxylic acids is 1. The normalized spacial score (nSPS) is 11.2. The second kappa shape index (κ2) is 4.92. The number of nitrogens with one attached hydrogen (secondary N) is 1. The lowest BCUT2D eigenvalue weighted by atomic mass is 9.90. The van der Waals surface area contributed by atoms with E-state index in [9.17, 15) is 4.79 Å². The standard InChI is InChI=1S/C11H17N3O2/c1-4-11(2,3)7-12-9-6-5-8(10(15)16)13-14-9/h5-6H,4,7H2,1-3H3,(H,12,14)(H,15,16). The van der Waals surface area contributed by atoms with Crippen molar-refractivity contribution in [2.24, 2.45) is 5.41 Å². The average Bonchev–Trinajstić information content (AvgIpc) is 2.27. The molecule has 0 radical (unpaired) electrons. The summed E-state index contributed by atoms with van der Waals surface area (Å²) in [4.78, 5) is 10.6. The van der Waals surface area contributed by atoms with Gasteiger partial charge in [-0.25, -0.2) is 4.79 Å². The first kappa shape index (κ1) is 12.4. The van der Waals surface area contributed by atoms with Crippen molar-refractivity contribution >= 4 is 11.8 Å². The van der Waals surface area contributed by atoms with Gasteiger partial charge in [0.25, 0.3) is 0 Å². The molecule has 0 amide bonds. The Morgan fingerprint density at radius 3 is 2.56 bits per heavy atom. The summed E-state index contributed by atoms with van der Waals surface area (Å²) in [6, 6.07) is 3.07. The second-order valence-electron chi connectivity index (χ2n) is 4.48. The molecule has 0 saturated heterocycles. The van der Waals surface area contributed by atoms with Crippen molar-refractivity contribution in [1.29, 1.82) is 0 Å². The number of aromatic nitrogens is 2. The molecule has 1 aromatic rings. The fraction of sp³-hybridized carbons (Fsp3) is 0.545. The molecule has 1 aromatic heterocycles. The lowest BCUT2D eigenvalue weighted by Crippen LogP contribution is -2.22. The van der Waals surface area contributed by atoms with Crippen LogP contribution in [-0.2, 0) is 0 Å². The third kappa shape index (κ3) is 3.49. The van der Waals surface area contributed by atoms with Crippen molar-refractivity contribution in [3.8, 4) is 0 Å². The van der Waals surface area contributed by atoms with E-state index in [1.807, 2.05) is 0 Å². The van der Waals surface area contributed by atoms with Gasteiger partial charge in [-0.2, -0.15) is 0 Å². The van der Waals surface area contributed by atoms with Crippen LogP contribution in [0.25, 0.3) is 0 Å². The largest absolute Gasteiger partial charge is 0.476 e. The predicted molar refractivity (Wildman–Crippen MR) is 61.6 cm³/mol. The van der Waals surface area contributed by atoms with Crippen molar-refractivity contribution in [1.82, 2.24) is 10.2 Å². The topological polar surface area (TPSA) is 75.1 Å². The zero-order valence-corrected chi connectivity index (χ0v) is 9.82. The summed E-state index contributed by atoms with van der Waals surface area (Å²) in [5, 5.41) is 19.2. The predicted octanol–water partition coefficient (Wildman–Crippen LogP) is 2.02. The van der Waals surface area contributed by atoms with E-state index >= 15 is 0 Å². The quantitative estimate of drug-likeness (QED) is 0.798. The van der Waals surface area contributed by atoms with E-state index in [-0.39, 0.29) is 11.1 Å². The summed E-state index contributed by atoms with van der Waals surface area (Å²) < 4.78 is 0. The molecular formula is C11H17N3O2. The van der Waals surface area contributed by atoms with E-state index < -0.39 is 5.97 Å². The summed E-state index contributed by atoms with van der Waals surface area (Å²) in [5.74, 6) is -0.459. The van der Waals surface area contributed by atoms with Gasteiger partial charge in [0.1, 0.15) is 5.82 Å². The highest BCUT2D eigenvalue weighted by atomic mass is 16.4. The van der Waals surface area contributed by atoms with Gasteiger partial charge in [0.2, 0.25) is 0 Å². The first-order valence-corrected chi connectivity index (χ1v) is 5.25. The average molecular weight is 223 g/mol. The Morgan fingerprint density at radius 1 is 1.44 bits per heavy atom. The molecule has 0 saturated carbocycles. The van der Waals surface area contributed by atoms with Crippen LogP contribution in [-0.4, -0.2) is 27.8 Å². The summed E-state index contributed by atoms with van der Waals surface area (Å²) in [6.07, 6.45) is 1.06. The van der Waals surface area contributed by atoms with Gasteiger partial charge in [0.15, 0.2) is 5.69 Å². The van der Waals surface area contributed by atoms with Gasteiger partial charge in [-0.15, -0.1) is 10.2 Å². The van der Waals surface area contributed by atoms with Crippen LogP contribution < -0.4 is 5.32 Å². The molecule has 5 nitrogen and oxygen atoms in total. The Bertz CT molecular complexity index is 360. The minimum absolute atomic E-state index is 0.0414.